The maximum atomic E-state index is 11.7. The van der Waals surface area contributed by atoms with Gasteiger partial charge in [-0.1, -0.05) is 18.2 Å². The van der Waals surface area contributed by atoms with Gasteiger partial charge in [0.25, 0.3) is 0 Å². The van der Waals surface area contributed by atoms with E-state index in [4.69, 9.17) is 9.47 Å². The van der Waals surface area contributed by atoms with Gasteiger partial charge in [-0.3, -0.25) is 4.79 Å². The van der Waals surface area contributed by atoms with E-state index < -0.39 is 5.54 Å². The third kappa shape index (κ3) is 4.21. The van der Waals surface area contributed by atoms with Crippen LogP contribution in [-0.2, 0) is 16.1 Å². The predicted molar refractivity (Wildman–Crippen MR) is 76.6 cm³/mol. The molecule has 1 aromatic rings. The van der Waals surface area contributed by atoms with Crippen molar-refractivity contribution >= 4 is 5.97 Å². The highest BCUT2D eigenvalue weighted by atomic mass is 16.5. The molecule has 0 radical (unpaired) electrons. The highest BCUT2D eigenvalue weighted by molar-refractivity contribution is 5.80. The standard InChI is InChI=1S/C15H23NO4/c1-15(16-2,14(18)19-3)9-6-10-20-13-8-5-4-7-12(13)11-17/h4-5,7-8,16-17H,6,9-11H2,1-3H3. The van der Waals surface area contributed by atoms with Gasteiger partial charge in [0.1, 0.15) is 11.3 Å². The molecule has 0 heterocycles. The Kier molecular flexibility index (Phi) is 6.48. The number of methoxy groups -OCH3 is 1. The molecule has 0 amide bonds. The van der Waals surface area contributed by atoms with Gasteiger partial charge in [0, 0.05) is 5.56 Å². The Morgan fingerprint density at radius 2 is 2.10 bits per heavy atom. The normalized spacial score (nSPS) is 13.6. The van der Waals surface area contributed by atoms with Crippen molar-refractivity contribution in [3.63, 3.8) is 0 Å². The topological polar surface area (TPSA) is 67.8 Å². The second-order valence-electron chi connectivity index (χ2n) is 4.79. The summed E-state index contributed by atoms with van der Waals surface area (Å²) in [7, 11) is 3.12. The van der Waals surface area contributed by atoms with Gasteiger partial charge in [-0.2, -0.15) is 0 Å². The summed E-state index contributed by atoms with van der Waals surface area (Å²) < 4.78 is 10.4. The van der Waals surface area contributed by atoms with Crippen molar-refractivity contribution in [3.8, 4) is 5.75 Å². The Labute approximate surface area is 119 Å². The SMILES string of the molecule is CNC(C)(CCCOc1ccccc1CO)C(=O)OC. The molecule has 2 N–H and O–H groups in total. The van der Waals surface area contributed by atoms with Crippen molar-refractivity contribution in [1.82, 2.24) is 5.32 Å². The largest absolute Gasteiger partial charge is 0.493 e. The molecule has 112 valence electrons. The molecular weight excluding hydrogens is 258 g/mol. The summed E-state index contributed by atoms with van der Waals surface area (Å²) in [5, 5.41) is 12.2. The van der Waals surface area contributed by atoms with Crippen molar-refractivity contribution in [2.75, 3.05) is 20.8 Å². The van der Waals surface area contributed by atoms with Gasteiger partial charge in [-0.05, 0) is 32.9 Å². The highest BCUT2D eigenvalue weighted by Crippen LogP contribution is 2.19. The van der Waals surface area contributed by atoms with Gasteiger partial charge in [-0.15, -0.1) is 0 Å². The molecule has 1 aromatic carbocycles. The molecule has 5 nitrogen and oxygen atoms in total. The molecule has 1 unspecified atom stereocenters. The minimum absolute atomic E-state index is 0.0490. The Morgan fingerprint density at radius 1 is 1.40 bits per heavy atom. The van der Waals surface area contributed by atoms with Gasteiger partial charge in [0.2, 0.25) is 0 Å². The maximum absolute atomic E-state index is 11.7. The molecule has 1 atom stereocenters. The number of rotatable bonds is 8. The third-order valence-electron chi connectivity index (χ3n) is 3.41. The van der Waals surface area contributed by atoms with E-state index >= 15 is 0 Å². The fourth-order valence-electron chi connectivity index (χ4n) is 1.94. The maximum Gasteiger partial charge on any atom is 0.325 e. The summed E-state index contributed by atoms with van der Waals surface area (Å²) in [6.45, 7) is 2.23. The number of carbonyl (C=O) groups is 1. The van der Waals surface area contributed by atoms with Crippen LogP contribution in [0.3, 0.4) is 0 Å². The second-order valence-corrected chi connectivity index (χ2v) is 4.79. The summed E-state index contributed by atoms with van der Waals surface area (Å²) in [4.78, 5) is 11.7. The fourth-order valence-corrected chi connectivity index (χ4v) is 1.94. The van der Waals surface area contributed by atoms with E-state index in [2.05, 4.69) is 5.32 Å². The number of hydrogen-bond donors (Lipinski definition) is 2. The van der Waals surface area contributed by atoms with E-state index in [1.54, 1.807) is 14.0 Å². The number of aliphatic hydroxyl groups is 1. The zero-order chi connectivity index (χ0) is 15.0. The monoisotopic (exact) mass is 281 g/mol. The van der Waals surface area contributed by atoms with Crippen LogP contribution in [0.5, 0.6) is 5.75 Å². The lowest BCUT2D eigenvalue weighted by Gasteiger charge is -2.26. The van der Waals surface area contributed by atoms with Crippen LogP contribution in [0.4, 0.5) is 0 Å². The van der Waals surface area contributed by atoms with Crippen LogP contribution >= 0.6 is 0 Å². The van der Waals surface area contributed by atoms with Crippen LogP contribution in [0, 0.1) is 0 Å². The van der Waals surface area contributed by atoms with E-state index in [0.717, 1.165) is 5.56 Å². The first-order valence-corrected chi connectivity index (χ1v) is 6.66. The van der Waals surface area contributed by atoms with Crippen molar-refractivity contribution in [2.24, 2.45) is 0 Å². The van der Waals surface area contributed by atoms with Crippen molar-refractivity contribution in [2.45, 2.75) is 31.9 Å². The zero-order valence-electron chi connectivity index (χ0n) is 12.3. The number of likely N-dealkylation sites (N-methyl/N-ethyl adjacent to an activating group) is 1. The summed E-state index contributed by atoms with van der Waals surface area (Å²) in [5.41, 5.74) is 0.0612. The molecular formula is C15H23NO4. The molecule has 0 aliphatic rings. The van der Waals surface area contributed by atoms with Crippen LogP contribution in [-0.4, -0.2) is 37.4 Å². The lowest BCUT2D eigenvalue weighted by atomic mass is 9.96. The minimum Gasteiger partial charge on any atom is -0.493 e. The quantitative estimate of drug-likeness (QED) is 0.558. The van der Waals surface area contributed by atoms with Gasteiger partial charge in [0.15, 0.2) is 0 Å². The van der Waals surface area contributed by atoms with Gasteiger partial charge >= 0.3 is 5.97 Å². The molecule has 0 aliphatic heterocycles. The van der Waals surface area contributed by atoms with E-state index in [9.17, 15) is 9.90 Å². The molecule has 0 aliphatic carbocycles. The third-order valence-corrected chi connectivity index (χ3v) is 3.41. The number of benzene rings is 1. The fraction of sp³-hybridized carbons (Fsp3) is 0.533. The number of esters is 1. The number of nitrogens with one attached hydrogen (secondary N) is 1. The van der Waals surface area contributed by atoms with Gasteiger partial charge in [0.05, 0.1) is 20.3 Å². The Bertz CT molecular complexity index is 436. The van der Waals surface area contributed by atoms with Crippen LogP contribution in [0.25, 0.3) is 0 Å². The summed E-state index contributed by atoms with van der Waals surface area (Å²) in [6, 6.07) is 7.36. The molecule has 0 fully saturated rings. The first-order chi connectivity index (χ1) is 9.57. The van der Waals surface area contributed by atoms with Gasteiger partial charge in [-0.25, -0.2) is 0 Å². The lowest BCUT2D eigenvalue weighted by Crippen LogP contribution is -2.48. The predicted octanol–water partition coefficient (Wildman–Crippen LogP) is 1.49. The molecule has 0 spiro atoms. The average molecular weight is 281 g/mol. The van der Waals surface area contributed by atoms with Crippen LogP contribution in [0.1, 0.15) is 25.3 Å². The van der Waals surface area contributed by atoms with Crippen LogP contribution in [0.2, 0.25) is 0 Å². The first-order valence-electron chi connectivity index (χ1n) is 6.66. The second kappa shape index (κ2) is 7.87. The van der Waals surface area contributed by atoms with Crippen LogP contribution < -0.4 is 10.1 Å². The minimum atomic E-state index is -0.700. The Morgan fingerprint density at radius 3 is 2.70 bits per heavy atom. The average Bonchev–Trinajstić information content (AvgIpc) is 2.50. The summed E-state index contributed by atoms with van der Waals surface area (Å²) >= 11 is 0. The zero-order valence-corrected chi connectivity index (χ0v) is 12.3. The molecule has 0 bridgehead atoms. The first kappa shape index (κ1) is 16.5. The molecule has 0 aromatic heterocycles. The molecule has 20 heavy (non-hydrogen) atoms. The number of carbonyl (C=O) groups excluding carboxylic acids is 1. The summed E-state index contributed by atoms with van der Waals surface area (Å²) in [6.07, 6.45) is 1.31. The van der Waals surface area contributed by atoms with Crippen molar-refractivity contribution in [1.29, 1.82) is 0 Å². The Hall–Kier alpha value is -1.59. The van der Waals surface area contributed by atoms with E-state index in [1.807, 2.05) is 24.3 Å². The van der Waals surface area contributed by atoms with E-state index in [-0.39, 0.29) is 12.6 Å². The number of para-hydroxylation sites is 1. The Balaban J connectivity index is 2.46. The lowest BCUT2D eigenvalue weighted by molar-refractivity contribution is -0.148. The highest BCUT2D eigenvalue weighted by Gasteiger charge is 2.31. The molecule has 5 heteroatoms. The van der Waals surface area contributed by atoms with E-state index in [0.29, 0.717) is 25.2 Å². The van der Waals surface area contributed by atoms with Crippen LogP contribution in [0.15, 0.2) is 24.3 Å². The molecule has 1 rings (SSSR count). The van der Waals surface area contributed by atoms with E-state index in [1.165, 1.54) is 7.11 Å². The van der Waals surface area contributed by atoms with Crippen molar-refractivity contribution < 1.29 is 19.4 Å². The molecule has 0 saturated heterocycles. The number of aliphatic hydroxyl groups excluding tert-OH is 1. The van der Waals surface area contributed by atoms with Crippen molar-refractivity contribution in [3.05, 3.63) is 29.8 Å². The molecule has 0 saturated carbocycles. The summed E-state index contributed by atoms with van der Waals surface area (Å²) in [5.74, 6) is 0.398. The van der Waals surface area contributed by atoms with Gasteiger partial charge < -0.3 is 19.9 Å². The smallest absolute Gasteiger partial charge is 0.325 e. The number of ether oxygens (including phenoxy) is 2. The number of hydrogen-bond acceptors (Lipinski definition) is 5.